The molecule has 0 aromatic rings. The number of carbonyl (C=O) groups excluding carboxylic acids is 2. The van der Waals surface area contributed by atoms with Gasteiger partial charge in [0.1, 0.15) is 4.87 Å². The van der Waals surface area contributed by atoms with E-state index in [0.29, 0.717) is 13.0 Å². The molecule has 1 N–H and O–H groups in total. The molecule has 5 heteroatoms. The highest BCUT2D eigenvalue weighted by molar-refractivity contribution is 6.35. The van der Waals surface area contributed by atoms with Crippen LogP contribution in [0.1, 0.15) is 39.5 Å². The van der Waals surface area contributed by atoms with Crippen LogP contribution in [0.5, 0.6) is 0 Å². The van der Waals surface area contributed by atoms with Crippen LogP contribution in [0.15, 0.2) is 0 Å². The van der Waals surface area contributed by atoms with Crippen molar-refractivity contribution in [3.8, 4) is 0 Å². The Morgan fingerprint density at radius 3 is 2.75 bits per heavy atom. The summed E-state index contributed by atoms with van der Waals surface area (Å²) in [6.45, 7) is 3.52. The number of Topliss-reactive ketones (excluding diaryl/α,β-unsaturated/α-hetero) is 1. The number of nitrogens with one attached hydrogen (secondary N) is 1. The summed E-state index contributed by atoms with van der Waals surface area (Å²) in [5.41, 5.74) is 0. The van der Waals surface area contributed by atoms with Crippen LogP contribution in [0.4, 0.5) is 4.79 Å². The summed E-state index contributed by atoms with van der Waals surface area (Å²) in [5, 5.41) is 2.68. The van der Waals surface area contributed by atoms with Gasteiger partial charge in [0.2, 0.25) is 0 Å². The number of carbonyl (C=O) groups is 2. The lowest BCUT2D eigenvalue weighted by atomic mass is 9.81. The SMILES string of the molecule is CCOC(=O)N[C@@H]1CCCC[C@@]1(Cl)C(C)=O. The summed E-state index contributed by atoms with van der Waals surface area (Å²) in [5.74, 6) is -0.0873. The molecule has 16 heavy (non-hydrogen) atoms. The minimum absolute atomic E-state index is 0.0873. The van der Waals surface area contributed by atoms with E-state index in [9.17, 15) is 9.59 Å². The molecule has 1 amide bonds. The van der Waals surface area contributed by atoms with Gasteiger partial charge in [-0.15, -0.1) is 11.6 Å². The number of hydrogen-bond donors (Lipinski definition) is 1. The zero-order valence-corrected chi connectivity index (χ0v) is 10.5. The zero-order valence-electron chi connectivity index (χ0n) is 9.72. The second-order valence-corrected chi connectivity index (χ2v) is 4.76. The Kier molecular flexibility index (Phi) is 4.59. The van der Waals surface area contributed by atoms with Crippen molar-refractivity contribution in [1.29, 1.82) is 0 Å². The Balaban J connectivity index is 2.67. The predicted molar refractivity (Wildman–Crippen MR) is 61.7 cm³/mol. The van der Waals surface area contributed by atoms with Gasteiger partial charge in [-0.1, -0.05) is 12.8 Å². The summed E-state index contributed by atoms with van der Waals surface area (Å²) in [6.07, 6.45) is 2.73. The van der Waals surface area contributed by atoms with E-state index in [2.05, 4.69) is 5.32 Å². The average molecular weight is 248 g/mol. The maximum absolute atomic E-state index is 11.5. The van der Waals surface area contributed by atoms with Gasteiger partial charge in [-0.25, -0.2) is 4.79 Å². The van der Waals surface area contributed by atoms with Gasteiger partial charge in [-0.2, -0.15) is 0 Å². The molecular weight excluding hydrogens is 230 g/mol. The molecule has 0 unspecified atom stereocenters. The number of hydrogen-bond acceptors (Lipinski definition) is 3. The monoisotopic (exact) mass is 247 g/mol. The molecule has 0 saturated heterocycles. The average Bonchev–Trinajstić information content (AvgIpc) is 2.21. The molecule has 0 spiro atoms. The highest BCUT2D eigenvalue weighted by Crippen LogP contribution is 2.35. The topological polar surface area (TPSA) is 55.4 Å². The molecule has 0 aromatic heterocycles. The van der Waals surface area contributed by atoms with Crippen LogP contribution >= 0.6 is 11.6 Å². The second-order valence-electron chi connectivity index (χ2n) is 4.08. The van der Waals surface area contributed by atoms with Gasteiger partial charge in [0.05, 0.1) is 12.6 Å². The zero-order chi connectivity index (χ0) is 12.2. The van der Waals surface area contributed by atoms with Crippen LogP contribution in [0, 0.1) is 0 Å². The molecule has 4 nitrogen and oxygen atoms in total. The van der Waals surface area contributed by atoms with E-state index in [1.54, 1.807) is 6.92 Å². The molecule has 92 valence electrons. The van der Waals surface area contributed by atoms with Gasteiger partial charge in [-0.05, 0) is 26.7 Å². The number of ketones is 1. The third-order valence-corrected chi connectivity index (χ3v) is 3.71. The lowest BCUT2D eigenvalue weighted by Gasteiger charge is -2.37. The van der Waals surface area contributed by atoms with E-state index in [1.165, 1.54) is 6.92 Å². The molecule has 1 fully saturated rings. The molecule has 0 aromatic carbocycles. The van der Waals surface area contributed by atoms with Crippen molar-refractivity contribution in [3.63, 3.8) is 0 Å². The van der Waals surface area contributed by atoms with Crippen LogP contribution in [0.3, 0.4) is 0 Å². The Labute approximate surface area is 101 Å². The van der Waals surface area contributed by atoms with Gasteiger partial charge in [0.15, 0.2) is 5.78 Å². The molecule has 1 saturated carbocycles. The Hall–Kier alpha value is -0.770. The predicted octanol–water partition coefficient (Wildman–Crippen LogP) is 2.24. The van der Waals surface area contributed by atoms with Crippen molar-refractivity contribution in [1.82, 2.24) is 5.32 Å². The minimum Gasteiger partial charge on any atom is -0.450 e. The molecular formula is C11H18ClNO3. The van der Waals surface area contributed by atoms with Gasteiger partial charge >= 0.3 is 6.09 Å². The van der Waals surface area contributed by atoms with E-state index >= 15 is 0 Å². The molecule has 0 aliphatic heterocycles. The first-order valence-electron chi connectivity index (χ1n) is 5.64. The third kappa shape index (κ3) is 2.88. The van der Waals surface area contributed by atoms with E-state index in [1.807, 2.05) is 0 Å². The first kappa shape index (κ1) is 13.3. The number of alkyl carbamates (subject to hydrolysis) is 1. The van der Waals surface area contributed by atoms with Crippen LogP contribution in [-0.2, 0) is 9.53 Å². The molecule has 0 radical (unpaired) electrons. The number of amides is 1. The quantitative estimate of drug-likeness (QED) is 0.779. The molecule has 0 heterocycles. The lowest BCUT2D eigenvalue weighted by molar-refractivity contribution is -0.120. The van der Waals surface area contributed by atoms with E-state index in [-0.39, 0.29) is 11.8 Å². The van der Waals surface area contributed by atoms with Gasteiger partial charge in [0.25, 0.3) is 0 Å². The summed E-state index contributed by atoms with van der Waals surface area (Å²) in [6, 6.07) is -0.320. The highest BCUT2D eigenvalue weighted by atomic mass is 35.5. The van der Waals surface area contributed by atoms with Crippen LogP contribution in [0.25, 0.3) is 0 Å². The van der Waals surface area contributed by atoms with E-state index in [0.717, 1.165) is 19.3 Å². The first-order valence-corrected chi connectivity index (χ1v) is 6.01. The second kappa shape index (κ2) is 5.53. The van der Waals surface area contributed by atoms with Crippen molar-refractivity contribution in [3.05, 3.63) is 0 Å². The van der Waals surface area contributed by atoms with Crippen molar-refractivity contribution < 1.29 is 14.3 Å². The Morgan fingerprint density at radius 1 is 1.50 bits per heavy atom. The van der Waals surface area contributed by atoms with Crippen molar-refractivity contribution in [2.24, 2.45) is 0 Å². The van der Waals surface area contributed by atoms with Gasteiger partial charge in [0, 0.05) is 0 Å². The van der Waals surface area contributed by atoms with Gasteiger partial charge in [-0.3, -0.25) is 4.79 Å². The largest absolute Gasteiger partial charge is 0.450 e. The first-order chi connectivity index (χ1) is 7.50. The van der Waals surface area contributed by atoms with E-state index < -0.39 is 11.0 Å². The fourth-order valence-electron chi connectivity index (χ4n) is 2.06. The Morgan fingerprint density at radius 2 is 2.19 bits per heavy atom. The minimum atomic E-state index is -0.953. The standard InChI is InChI=1S/C11H18ClNO3/c1-3-16-10(15)13-9-6-4-5-7-11(9,12)8(2)14/h9H,3-7H2,1-2H3,(H,13,15)/t9-,11-/m1/s1. The molecule has 0 bridgehead atoms. The van der Waals surface area contributed by atoms with Crippen LogP contribution < -0.4 is 5.32 Å². The smallest absolute Gasteiger partial charge is 0.407 e. The maximum Gasteiger partial charge on any atom is 0.407 e. The van der Waals surface area contributed by atoms with E-state index in [4.69, 9.17) is 16.3 Å². The van der Waals surface area contributed by atoms with Crippen molar-refractivity contribution in [2.75, 3.05) is 6.61 Å². The maximum atomic E-state index is 11.5. The van der Waals surface area contributed by atoms with Crippen LogP contribution in [0.2, 0.25) is 0 Å². The number of ether oxygens (including phenoxy) is 1. The van der Waals surface area contributed by atoms with Gasteiger partial charge < -0.3 is 10.1 Å². The molecule has 2 atom stereocenters. The summed E-state index contributed by atoms with van der Waals surface area (Å²) >= 11 is 6.30. The number of alkyl halides is 1. The fraction of sp³-hybridized carbons (Fsp3) is 0.818. The molecule has 1 aliphatic rings. The van der Waals surface area contributed by atoms with Crippen molar-refractivity contribution >= 4 is 23.5 Å². The van der Waals surface area contributed by atoms with Crippen molar-refractivity contribution in [2.45, 2.75) is 50.4 Å². The fourth-order valence-corrected chi connectivity index (χ4v) is 2.35. The number of halogens is 1. The lowest BCUT2D eigenvalue weighted by Crippen LogP contribution is -2.54. The summed E-state index contributed by atoms with van der Waals surface area (Å²) in [4.78, 5) is 21.9. The molecule has 1 rings (SSSR count). The third-order valence-electron chi connectivity index (χ3n) is 2.99. The molecule has 1 aliphatic carbocycles. The summed E-state index contributed by atoms with van der Waals surface area (Å²) in [7, 11) is 0. The highest BCUT2D eigenvalue weighted by Gasteiger charge is 2.44. The Bertz CT molecular complexity index is 282. The number of rotatable bonds is 3. The normalized spacial score (nSPS) is 29.6. The van der Waals surface area contributed by atoms with Crippen LogP contribution in [-0.4, -0.2) is 29.4 Å². The summed E-state index contributed by atoms with van der Waals surface area (Å²) < 4.78 is 4.80.